The number of amides is 5. The van der Waals surface area contributed by atoms with Gasteiger partial charge < -0.3 is 26.7 Å². The van der Waals surface area contributed by atoms with Crippen molar-refractivity contribution in [3.63, 3.8) is 0 Å². The molecule has 1 saturated heterocycles. The molecule has 1 aliphatic carbocycles. The third kappa shape index (κ3) is 14.9. The predicted octanol–water partition coefficient (Wildman–Crippen LogP) is 5.79. The van der Waals surface area contributed by atoms with E-state index in [1.54, 1.807) is 0 Å². The fourth-order valence-corrected chi connectivity index (χ4v) is 9.12. The molecule has 60 heavy (non-hydrogen) atoms. The summed E-state index contributed by atoms with van der Waals surface area (Å²) in [7, 11) is 0. The van der Waals surface area contributed by atoms with Crippen molar-refractivity contribution < 1.29 is 81.6 Å². The Morgan fingerprint density at radius 1 is 0.883 bits per heavy atom. The second-order valence-electron chi connectivity index (χ2n) is 15.6. The minimum atomic E-state index is -0.450. The van der Waals surface area contributed by atoms with Gasteiger partial charge in [0.05, 0.1) is 10.9 Å². The maximum Gasteiger partial charge on any atom is 1.00 e. The number of hydrogen-bond donors (Lipinski definition) is 2. The normalized spacial score (nSPS) is 17.9. The number of imide groups is 1. The zero-order chi connectivity index (χ0) is 41.6. The Bertz CT molecular complexity index is 1890. The van der Waals surface area contributed by atoms with Crippen LogP contribution < -0.4 is 62.4 Å². The summed E-state index contributed by atoms with van der Waals surface area (Å²) in [5, 5.41) is 6.63. The molecule has 2 aliphatic heterocycles. The first-order valence-electron chi connectivity index (χ1n) is 20.8. The van der Waals surface area contributed by atoms with E-state index in [1.807, 2.05) is 34.9 Å². The molecule has 3 heterocycles. The predicted molar refractivity (Wildman–Crippen MR) is 241 cm³/mol. The van der Waals surface area contributed by atoms with Crippen LogP contribution in [-0.2, 0) is 43.5 Å². The summed E-state index contributed by atoms with van der Waals surface area (Å²) in [6.07, 6.45) is 8.42. The Morgan fingerprint density at radius 3 is 2.12 bits per heavy atom. The van der Waals surface area contributed by atoms with Gasteiger partial charge >= 0.3 is 51.4 Å². The molecule has 5 amide bonds. The van der Waals surface area contributed by atoms with Gasteiger partial charge in [-0.25, -0.2) is 0 Å². The van der Waals surface area contributed by atoms with Gasteiger partial charge in [-0.15, -0.1) is 11.8 Å². The van der Waals surface area contributed by atoms with Crippen LogP contribution in [0.1, 0.15) is 149 Å². The number of hydrogen-bond acceptors (Lipinski definition) is 7. The van der Waals surface area contributed by atoms with E-state index >= 15 is 0 Å². The molecule has 1 unspecified atom stereocenters. The Kier molecular flexibility index (Phi) is 25.1. The number of nitrogens with two attached hydrogens (primary N) is 1. The molecular formula is C47H72KN5O6S. The first kappa shape index (κ1) is 55.2. The standard InChI is InChI=1S/C40H52N4O4S.C3H6O.C2H5NO.2CH4.K.H/c1-4-7-10-22-43-36(32-11-8-9-12-33(32)40(43)49-6-3)34-24-35(45)44(39(34)48)25-28-13-16-29(17-14-28)37(46)41-20-19-27-15-18-31-30(23-27)26-42(21-5-2)38(31)47;1-3(2)4;1-2(3)4;;;;/h8-9,11-12,15,18,23,28-29,34H,4-7,10,13-14,16-17,19-22,24-26H2,1-3H3,(H,41,46);1-2H3;1H3,(H2,3,4);2*1H4;;/q;;;;;+1;-1. The van der Waals surface area contributed by atoms with Crippen molar-refractivity contribution in [3.8, 4) is 0 Å². The minimum absolute atomic E-state index is 0. The average molecular weight is 874 g/mol. The minimum Gasteiger partial charge on any atom is -1.00 e. The summed E-state index contributed by atoms with van der Waals surface area (Å²) in [6, 6.07) is 14.4. The van der Waals surface area contributed by atoms with Crippen molar-refractivity contribution in [1.29, 1.82) is 0 Å². The van der Waals surface area contributed by atoms with Gasteiger partial charge in [0, 0.05) is 74.0 Å². The molecule has 0 radical (unpaired) electrons. The van der Waals surface area contributed by atoms with E-state index in [4.69, 9.17) is 0 Å². The molecule has 2 fully saturated rings. The molecule has 3 aliphatic rings. The number of nitrogens with one attached hydrogen (secondary N) is 1. The number of carbonyl (C=O) groups is 6. The van der Waals surface area contributed by atoms with Crippen LogP contribution in [0.4, 0.5) is 0 Å². The van der Waals surface area contributed by atoms with Gasteiger partial charge in [0.25, 0.3) is 5.91 Å². The summed E-state index contributed by atoms with van der Waals surface area (Å²) in [5.74, 6) is 0.584. The van der Waals surface area contributed by atoms with E-state index in [9.17, 15) is 28.8 Å². The topological polar surface area (TPSA) is 152 Å². The molecule has 0 bridgehead atoms. The van der Waals surface area contributed by atoms with Crippen LogP contribution in [0.25, 0.3) is 10.8 Å². The van der Waals surface area contributed by atoms with Crippen LogP contribution in [0, 0.1) is 11.8 Å². The molecule has 13 heteroatoms. The number of unbranched alkanes of at least 4 members (excludes halogenated alkanes) is 2. The second kappa shape index (κ2) is 27.3. The number of rotatable bonds is 15. The monoisotopic (exact) mass is 873 g/mol. The summed E-state index contributed by atoms with van der Waals surface area (Å²) >= 11 is 1.82. The molecular weight excluding hydrogens is 802 g/mol. The number of Topliss-reactive ketones (excluding diaryl/α,β-unsaturated/α-hetero) is 1. The number of likely N-dealkylation sites (tertiary alicyclic amines) is 1. The van der Waals surface area contributed by atoms with Crippen LogP contribution in [0.2, 0.25) is 0 Å². The SMILES string of the molecule is C.C.CC(C)=O.CC(N)=O.CCCCCn1c(SCC)c2ccccc2c1C1CC(=O)N(CC2CCC(C(=O)NCCc3ccc4c(c3)CN(CCC)C4=O)CC2)C1=O.[H-].[K+]. The van der Waals surface area contributed by atoms with Gasteiger partial charge in [0.1, 0.15) is 5.78 Å². The van der Waals surface area contributed by atoms with Gasteiger partial charge in [-0.3, -0.25) is 28.9 Å². The van der Waals surface area contributed by atoms with E-state index in [-0.39, 0.29) is 121 Å². The molecule has 3 N–H and O–H groups in total. The number of ketones is 1. The van der Waals surface area contributed by atoms with Crippen molar-refractivity contribution in [2.45, 2.75) is 145 Å². The van der Waals surface area contributed by atoms with Crippen molar-refractivity contribution in [1.82, 2.24) is 19.7 Å². The van der Waals surface area contributed by atoms with Gasteiger partial charge in [-0.05, 0) is 87.7 Å². The summed E-state index contributed by atoms with van der Waals surface area (Å²) in [5.41, 5.74) is 8.50. The van der Waals surface area contributed by atoms with Crippen LogP contribution in [0.15, 0.2) is 47.5 Å². The number of carbonyl (C=O) groups excluding carboxylic acids is 6. The average Bonchev–Trinajstić information content (AvgIpc) is 3.75. The molecule has 0 spiro atoms. The first-order chi connectivity index (χ1) is 27.3. The maximum absolute atomic E-state index is 14.0. The maximum atomic E-state index is 14.0. The van der Waals surface area contributed by atoms with E-state index < -0.39 is 5.92 Å². The number of primary amides is 1. The Hall–Kier alpha value is -2.81. The largest absolute Gasteiger partial charge is 1.00 e. The summed E-state index contributed by atoms with van der Waals surface area (Å²) in [6.45, 7) is 14.1. The van der Waals surface area contributed by atoms with Crippen LogP contribution in [0.5, 0.6) is 0 Å². The fourth-order valence-electron chi connectivity index (χ4n) is 8.17. The van der Waals surface area contributed by atoms with E-state index in [2.05, 4.69) is 60.7 Å². The van der Waals surface area contributed by atoms with Crippen LogP contribution >= 0.6 is 11.8 Å². The summed E-state index contributed by atoms with van der Waals surface area (Å²) < 4.78 is 2.35. The zero-order valence-electron chi connectivity index (χ0n) is 36.9. The molecule has 1 aromatic heterocycles. The molecule has 1 atom stereocenters. The Morgan fingerprint density at radius 2 is 1.52 bits per heavy atom. The molecule has 11 nitrogen and oxygen atoms in total. The van der Waals surface area contributed by atoms with Gasteiger partial charge in [0.2, 0.25) is 23.6 Å². The van der Waals surface area contributed by atoms with Crippen molar-refractivity contribution in [3.05, 3.63) is 64.8 Å². The quantitative estimate of drug-likeness (QED) is 0.0849. The Balaban J connectivity index is 0.00000276. The molecule has 3 aromatic rings. The third-order valence-electron chi connectivity index (χ3n) is 10.7. The first-order valence-corrected chi connectivity index (χ1v) is 21.8. The van der Waals surface area contributed by atoms with Crippen molar-refractivity contribution in [2.24, 2.45) is 17.6 Å². The molecule has 6 rings (SSSR count). The zero-order valence-corrected chi connectivity index (χ0v) is 39.8. The number of benzene rings is 2. The molecule has 2 aromatic carbocycles. The number of fused-ring (bicyclic) bond motifs is 2. The number of thioether (sulfide) groups is 1. The van der Waals surface area contributed by atoms with E-state index in [1.165, 1.54) is 36.1 Å². The fraction of sp³-hybridized carbons (Fsp3) is 0.574. The van der Waals surface area contributed by atoms with Crippen LogP contribution in [-0.4, -0.2) is 75.1 Å². The summed E-state index contributed by atoms with van der Waals surface area (Å²) in [4.78, 5) is 75.2. The molecule has 328 valence electrons. The third-order valence-corrected chi connectivity index (χ3v) is 11.7. The number of aromatic nitrogens is 1. The second-order valence-corrected chi connectivity index (χ2v) is 16.9. The van der Waals surface area contributed by atoms with Crippen molar-refractivity contribution >= 4 is 57.9 Å². The van der Waals surface area contributed by atoms with Gasteiger partial charge in [-0.1, -0.05) is 84.9 Å². The molecule has 1 saturated carbocycles. The van der Waals surface area contributed by atoms with Crippen molar-refractivity contribution in [2.75, 3.05) is 25.4 Å². The van der Waals surface area contributed by atoms with E-state index in [0.717, 1.165) is 104 Å². The van der Waals surface area contributed by atoms with Gasteiger partial charge in [-0.2, -0.15) is 0 Å². The number of nitrogens with zero attached hydrogens (tertiary/aromatic N) is 3. The van der Waals surface area contributed by atoms with Gasteiger partial charge in [0.15, 0.2) is 0 Å². The van der Waals surface area contributed by atoms with E-state index in [0.29, 0.717) is 19.6 Å². The van der Waals surface area contributed by atoms with Crippen LogP contribution in [0.3, 0.4) is 0 Å². The Labute approximate surface area is 408 Å². The smallest absolute Gasteiger partial charge is 1.00 e.